The summed E-state index contributed by atoms with van der Waals surface area (Å²) in [7, 11) is 11.0. The van der Waals surface area contributed by atoms with E-state index >= 15 is 0 Å². The molecular weight excluding hydrogens is 863 g/mol. The van der Waals surface area contributed by atoms with E-state index in [4.69, 9.17) is 17.0 Å². The van der Waals surface area contributed by atoms with Crippen LogP contribution in [0.15, 0.2) is 146 Å². The second kappa shape index (κ2) is 23.3. The van der Waals surface area contributed by atoms with E-state index in [9.17, 15) is 0 Å². The van der Waals surface area contributed by atoms with Crippen LogP contribution in [0, 0.1) is 11.8 Å². The minimum absolute atomic E-state index is 0.826. The van der Waals surface area contributed by atoms with Crippen LogP contribution in [-0.2, 0) is 33.7 Å². The Labute approximate surface area is 381 Å². The second-order valence-electron chi connectivity index (χ2n) is 17.1. The molecule has 2 saturated carbocycles. The van der Waals surface area contributed by atoms with E-state index in [1.165, 1.54) is 166 Å². The van der Waals surface area contributed by atoms with Gasteiger partial charge < -0.3 is 0 Å². The molecule has 0 aliphatic heterocycles. The molecule has 0 saturated heterocycles. The average molecular weight is 923 g/mol. The largest absolute Gasteiger partial charge is 0.164 e. The van der Waals surface area contributed by atoms with Gasteiger partial charge in [-0.15, -0.1) is 69.1 Å². The third-order valence-electron chi connectivity index (χ3n) is 12.7. The molecule has 0 heterocycles. The molecule has 2 fully saturated rings. The van der Waals surface area contributed by atoms with Gasteiger partial charge in [-0.1, -0.05) is 186 Å². The molecule has 0 N–H and O–H groups in total. The van der Waals surface area contributed by atoms with Gasteiger partial charge in [-0.2, -0.15) is 12.1 Å². The molecule has 0 atom stereocenters. The fourth-order valence-corrected chi connectivity index (χ4v) is 10.2. The summed E-state index contributed by atoms with van der Waals surface area (Å²) in [5, 5.41) is 10.9. The third-order valence-corrected chi connectivity index (χ3v) is 13.7. The van der Waals surface area contributed by atoms with E-state index < -0.39 is 20.8 Å². The van der Waals surface area contributed by atoms with E-state index in [2.05, 4.69) is 159 Å². The fourth-order valence-electron chi connectivity index (χ4n) is 9.75. The van der Waals surface area contributed by atoms with Crippen molar-refractivity contribution in [3.05, 3.63) is 157 Å². The van der Waals surface area contributed by atoms with Crippen LogP contribution in [0.3, 0.4) is 0 Å². The summed E-state index contributed by atoms with van der Waals surface area (Å²) in [4.78, 5) is 0. The maximum absolute atomic E-state index is 4.93. The van der Waals surface area contributed by atoms with E-state index in [0.29, 0.717) is 0 Å². The summed E-state index contributed by atoms with van der Waals surface area (Å²) >= 11 is -0.826. The van der Waals surface area contributed by atoms with Crippen molar-refractivity contribution in [1.82, 2.24) is 0 Å². The van der Waals surface area contributed by atoms with E-state index in [0.717, 1.165) is 21.4 Å². The zero-order chi connectivity index (χ0) is 41.5. The molecule has 0 bridgehead atoms. The smallest absolute Gasteiger partial charge is 0.0178 e. The Hall–Kier alpha value is -3.26. The van der Waals surface area contributed by atoms with Gasteiger partial charge in [0.05, 0.1) is 0 Å². The molecule has 0 spiro atoms. The second-order valence-corrected chi connectivity index (χ2v) is 22.0. The summed E-state index contributed by atoms with van der Waals surface area (Å²) < 4.78 is 0. The molecule has 0 nitrogen and oxygen atoms in total. The van der Waals surface area contributed by atoms with Crippen LogP contribution in [0.5, 0.6) is 0 Å². The number of fused-ring (bicyclic) bond motifs is 4. The molecule has 0 unspecified atom stereocenters. The van der Waals surface area contributed by atoms with Crippen molar-refractivity contribution in [1.29, 1.82) is 0 Å². The van der Waals surface area contributed by atoms with Crippen LogP contribution in [-0.4, -0.2) is 9.52 Å². The van der Waals surface area contributed by atoms with Crippen molar-refractivity contribution >= 4 is 69.6 Å². The molecule has 60 heavy (non-hydrogen) atoms. The Kier molecular flexibility index (Phi) is 17.4. The monoisotopic (exact) mass is 920 g/mol. The molecule has 0 aromatic heterocycles. The number of halogens is 2. The number of hydrogen-bond donors (Lipinski definition) is 0. The molecule has 2 radical (unpaired) electrons. The van der Waals surface area contributed by atoms with Gasteiger partial charge in [0, 0.05) is 9.52 Å². The first-order valence-electron chi connectivity index (χ1n) is 22.5. The van der Waals surface area contributed by atoms with Gasteiger partial charge in [0.2, 0.25) is 0 Å². The van der Waals surface area contributed by atoms with Crippen molar-refractivity contribution in [3.8, 4) is 22.3 Å². The van der Waals surface area contributed by atoms with Crippen LogP contribution in [0.25, 0.3) is 65.3 Å². The fraction of sp³-hybridized carbons (Fsp3) is 0.321. The van der Waals surface area contributed by atoms with Gasteiger partial charge in [0.15, 0.2) is 0 Å². The standard InChI is InChI=1S/2C26H25.C4H10Si.2ClH.Zr/c2*1-2-7-19(8-3-1)15-20-16-23-11-6-12-25(26(23)17-20)24-14-13-21-9-4-5-10-22(21)18-24;1-3-4-5-2;;;/h2*4-6,9-14,16-19H,1-3,7-8,15H2;3-4H2,1-2H3;2*1H;/q2*-1;;;;+4/p-2. The quantitative estimate of drug-likeness (QED) is 0.105. The summed E-state index contributed by atoms with van der Waals surface area (Å²) in [5.41, 5.74) is 8.43. The summed E-state index contributed by atoms with van der Waals surface area (Å²) in [6, 6.07) is 55.6. The first-order chi connectivity index (χ1) is 29.6. The first kappa shape index (κ1) is 44.8. The van der Waals surface area contributed by atoms with Crippen molar-refractivity contribution in [2.24, 2.45) is 11.8 Å². The van der Waals surface area contributed by atoms with Gasteiger partial charge in [-0.05, 0) is 69.5 Å². The Bertz CT molecular complexity index is 2360. The molecule has 10 rings (SSSR count). The molecular formula is C56H60Cl2SiZr. The Balaban J connectivity index is 0.000000154. The van der Waals surface area contributed by atoms with Crippen LogP contribution in [0.2, 0.25) is 12.6 Å². The number of hydrogen-bond acceptors (Lipinski definition) is 0. The van der Waals surface area contributed by atoms with E-state index in [1.807, 2.05) is 0 Å². The zero-order valence-corrected chi connectivity index (χ0v) is 40.6. The van der Waals surface area contributed by atoms with Gasteiger partial charge in [-0.25, -0.2) is 0 Å². The van der Waals surface area contributed by atoms with E-state index in [1.54, 1.807) is 0 Å². The van der Waals surface area contributed by atoms with Gasteiger partial charge in [0.1, 0.15) is 0 Å². The molecule has 2 aliphatic rings. The first-order valence-corrected chi connectivity index (χ1v) is 30.6. The maximum Gasteiger partial charge on any atom is -0.0178 e. The van der Waals surface area contributed by atoms with Crippen LogP contribution in [0.4, 0.5) is 0 Å². The predicted molar refractivity (Wildman–Crippen MR) is 264 cm³/mol. The predicted octanol–water partition coefficient (Wildman–Crippen LogP) is 17.9. The minimum atomic E-state index is -0.826. The molecule has 8 aromatic rings. The minimum Gasteiger partial charge on any atom is -0.164 e. The summed E-state index contributed by atoms with van der Waals surface area (Å²) in [5.74, 6) is 1.79. The number of rotatable bonds is 8. The van der Waals surface area contributed by atoms with Crippen LogP contribution >= 0.6 is 17.0 Å². The molecule has 0 amide bonds. The van der Waals surface area contributed by atoms with Crippen molar-refractivity contribution < 1.29 is 20.8 Å². The molecule has 8 aromatic carbocycles. The SMILES string of the molecule is CCC[Si]C.[Cl][Zr+2][Cl].c1ccc2cc(-c3cccc4[cH-]c(CC5CCCCC5)cc34)ccc2c1.c1ccc2cc(-c3cccc4[cH-]c(CC5CCCCC5)cc34)ccc2c1. The number of benzene rings is 6. The van der Waals surface area contributed by atoms with Crippen molar-refractivity contribution in [2.45, 2.75) is 103 Å². The molecule has 306 valence electrons. The Morgan fingerprint density at radius 3 is 1.32 bits per heavy atom. The van der Waals surface area contributed by atoms with Crippen molar-refractivity contribution in [2.75, 3.05) is 0 Å². The molecule has 2 aliphatic carbocycles. The zero-order valence-electron chi connectivity index (χ0n) is 35.7. The third kappa shape index (κ3) is 12.0. The molecule has 4 heteroatoms. The Morgan fingerprint density at radius 1 is 0.517 bits per heavy atom. The van der Waals surface area contributed by atoms with Gasteiger partial charge in [0.25, 0.3) is 0 Å². The summed E-state index contributed by atoms with van der Waals surface area (Å²) in [6.45, 7) is 4.46. The summed E-state index contributed by atoms with van der Waals surface area (Å²) in [6.07, 6.45) is 18.1. The average Bonchev–Trinajstić information content (AvgIpc) is 3.91. The van der Waals surface area contributed by atoms with Crippen molar-refractivity contribution in [3.63, 3.8) is 0 Å². The van der Waals surface area contributed by atoms with Gasteiger partial charge >= 0.3 is 37.9 Å². The normalized spacial score (nSPS) is 14.5. The van der Waals surface area contributed by atoms with Gasteiger partial charge in [-0.3, -0.25) is 0 Å². The van der Waals surface area contributed by atoms with Crippen LogP contribution in [0.1, 0.15) is 88.7 Å². The van der Waals surface area contributed by atoms with E-state index in [-0.39, 0.29) is 0 Å². The topological polar surface area (TPSA) is 0 Å². The Morgan fingerprint density at radius 2 is 0.933 bits per heavy atom. The maximum atomic E-state index is 4.93. The van der Waals surface area contributed by atoms with Crippen LogP contribution < -0.4 is 0 Å².